The first-order valence-electron chi connectivity index (χ1n) is 5.76. The first-order valence-corrected chi connectivity index (χ1v) is 5.76. The molecule has 0 amide bonds. The maximum absolute atomic E-state index is 13.4. The highest BCUT2D eigenvalue weighted by molar-refractivity contribution is 5.72. The summed E-state index contributed by atoms with van der Waals surface area (Å²) in [4.78, 5) is 11.7. The third-order valence-electron chi connectivity index (χ3n) is 2.29. The molecule has 0 N–H and O–H groups in total. The van der Waals surface area contributed by atoms with Gasteiger partial charge in [0.2, 0.25) is 0 Å². The molecule has 17 heavy (non-hydrogen) atoms. The van der Waals surface area contributed by atoms with E-state index >= 15 is 0 Å². The molecular weight excluding hydrogens is 219 g/mol. The summed E-state index contributed by atoms with van der Waals surface area (Å²) in [6.45, 7) is 7.21. The van der Waals surface area contributed by atoms with E-state index in [4.69, 9.17) is 4.74 Å². The largest absolute Gasteiger partial charge is 0.460 e. The Labute approximate surface area is 102 Å². The van der Waals surface area contributed by atoms with Gasteiger partial charge in [0.25, 0.3) is 0 Å². The van der Waals surface area contributed by atoms with Gasteiger partial charge in [0.15, 0.2) is 0 Å². The summed E-state index contributed by atoms with van der Waals surface area (Å²) >= 11 is 0. The smallest absolute Gasteiger partial charge is 0.309 e. The van der Waals surface area contributed by atoms with Crippen LogP contribution >= 0.6 is 0 Å². The third kappa shape index (κ3) is 4.55. The molecule has 0 bridgehead atoms. The van der Waals surface area contributed by atoms with E-state index in [1.54, 1.807) is 25.1 Å². The molecule has 1 aromatic rings. The van der Waals surface area contributed by atoms with Crippen LogP contribution in [0.3, 0.4) is 0 Å². The summed E-state index contributed by atoms with van der Waals surface area (Å²) in [5.41, 5.74) is 0.0477. The Hall–Kier alpha value is -1.38. The van der Waals surface area contributed by atoms with Crippen LogP contribution in [0.4, 0.5) is 4.39 Å². The van der Waals surface area contributed by atoms with Crippen molar-refractivity contribution in [3.63, 3.8) is 0 Å². The molecule has 3 heteroatoms. The lowest BCUT2D eigenvalue weighted by atomic mass is 10.0. The van der Waals surface area contributed by atoms with Gasteiger partial charge in [0.05, 0.1) is 5.92 Å². The van der Waals surface area contributed by atoms with E-state index in [0.717, 1.165) is 0 Å². The number of rotatable bonds is 3. The monoisotopic (exact) mass is 238 g/mol. The van der Waals surface area contributed by atoms with Gasteiger partial charge >= 0.3 is 5.97 Å². The molecule has 0 heterocycles. The first kappa shape index (κ1) is 13.7. The van der Waals surface area contributed by atoms with Crippen LogP contribution in [-0.2, 0) is 16.0 Å². The average Bonchev–Trinajstić information content (AvgIpc) is 2.18. The number of ether oxygens (including phenoxy) is 1. The quantitative estimate of drug-likeness (QED) is 0.755. The van der Waals surface area contributed by atoms with E-state index < -0.39 is 5.60 Å². The lowest BCUT2D eigenvalue weighted by molar-refractivity contribution is -0.159. The van der Waals surface area contributed by atoms with Crippen molar-refractivity contribution in [2.24, 2.45) is 5.92 Å². The lowest BCUT2D eigenvalue weighted by Crippen LogP contribution is -2.28. The molecule has 0 aliphatic carbocycles. The van der Waals surface area contributed by atoms with Crippen LogP contribution in [0.25, 0.3) is 0 Å². The highest BCUT2D eigenvalue weighted by atomic mass is 19.1. The topological polar surface area (TPSA) is 26.3 Å². The Morgan fingerprint density at radius 3 is 2.47 bits per heavy atom. The molecule has 0 saturated heterocycles. The third-order valence-corrected chi connectivity index (χ3v) is 2.29. The second kappa shape index (κ2) is 5.30. The van der Waals surface area contributed by atoms with E-state index in [9.17, 15) is 9.18 Å². The van der Waals surface area contributed by atoms with Crippen molar-refractivity contribution in [1.82, 2.24) is 0 Å². The Bertz CT molecular complexity index is 393. The molecule has 1 rings (SSSR count). The molecule has 2 nitrogen and oxygen atoms in total. The van der Waals surface area contributed by atoms with E-state index in [0.29, 0.717) is 12.0 Å². The van der Waals surface area contributed by atoms with Gasteiger partial charge in [-0.2, -0.15) is 0 Å². The Balaban J connectivity index is 2.64. The van der Waals surface area contributed by atoms with Crippen molar-refractivity contribution in [3.8, 4) is 0 Å². The maximum atomic E-state index is 13.4. The molecule has 0 aliphatic heterocycles. The molecule has 0 aliphatic rings. The summed E-state index contributed by atoms with van der Waals surface area (Å²) in [5, 5.41) is 0. The molecule has 0 fully saturated rings. The Morgan fingerprint density at radius 1 is 1.35 bits per heavy atom. The summed E-state index contributed by atoms with van der Waals surface area (Å²) in [6.07, 6.45) is 0.363. The van der Waals surface area contributed by atoms with Crippen LogP contribution in [0, 0.1) is 11.7 Å². The molecule has 0 aromatic heterocycles. The van der Waals surface area contributed by atoms with Gasteiger partial charge in [0.1, 0.15) is 11.4 Å². The number of carbonyl (C=O) groups excluding carboxylic acids is 1. The van der Waals surface area contributed by atoms with Crippen molar-refractivity contribution >= 4 is 5.97 Å². The molecule has 1 atom stereocenters. The number of hydrogen-bond acceptors (Lipinski definition) is 2. The standard InChI is InChI=1S/C14H19FO2/c1-10(13(16)17-14(2,3)4)9-11-7-5-6-8-12(11)15/h5-8,10H,9H2,1-4H3/t10-/m0/s1. The minimum atomic E-state index is -0.499. The minimum Gasteiger partial charge on any atom is -0.460 e. The zero-order valence-electron chi connectivity index (χ0n) is 10.8. The number of benzene rings is 1. The number of halogens is 1. The summed E-state index contributed by atoms with van der Waals surface area (Å²) in [7, 11) is 0. The molecular formula is C14H19FO2. The Kier molecular flexibility index (Phi) is 4.27. The van der Waals surface area contributed by atoms with Crippen LogP contribution in [-0.4, -0.2) is 11.6 Å². The molecule has 94 valence electrons. The second-order valence-electron chi connectivity index (χ2n) is 5.23. The Morgan fingerprint density at radius 2 is 1.94 bits per heavy atom. The maximum Gasteiger partial charge on any atom is 0.309 e. The van der Waals surface area contributed by atoms with Gasteiger partial charge < -0.3 is 4.74 Å². The van der Waals surface area contributed by atoms with Crippen molar-refractivity contribution in [1.29, 1.82) is 0 Å². The van der Waals surface area contributed by atoms with Crippen LogP contribution in [0.1, 0.15) is 33.3 Å². The fourth-order valence-electron chi connectivity index (χ4n) is 1.48. The predicted molar refractivity (Wildman–Crippen MR) is 65.1 cm³/mol. The van der Waals surface area contributed by atoms with Crippen LogP contribution in [0.15, 0.2) is 24.3 Å². The van der Waals surface area contributed by atoms with E-state index in [-0.39, 0.29) is 17.7 Å². The highest BCUT2D eigenvalue weighted by Gasteiger charge is 2.22. The normalized spacial score (nSPS) is 13.2. The number of esters is 1. The zero-order chi connectivity index (χ0) is 13.1. The van der Waals surface area contributed by atoms with E-state index in [2.05, 4.69) is 0 Å². The van der Waals surface area contributed by atoms with Gasteiger partial charge in [-0.1, -0.05) is 25.1 Å². The first-order chi connectivity index (χ1) is 7.79. The average molecular weight is 238 g/mol. The second-order valence-corrected chi connectivity index (χ2v) is 5.23. The van der Waals surface area contributed by atoms with Crippen molar-refractivity contribution in [2.45, 2.75) is 39.7 Å². The van der Waals surface area contributed by atoms with Crippen molar-refractivity contribution < 1.29 is 13.9 Å². The molecule has 0 radical (unpaired) electrons. The molecule has 0 unspecified atom stereocenters. The van der Waals surface area contributed by atoms with Crippen molar-refractivity contribution in [2.75, 3.05) is 0 Å². The molecule has 0 spiro atoms. The van der Waals surface area contributed by atoms with Gasteiger partial charge in [-0.05, 0) is 38.8 Å². The highest BCUT2D eigenvalue weighted by Crippen LogP contribution is 2.16. The SMILES string of the molecule is C[C@@H](Cc1ccccc1F)C(=O)OC(C)(C)C. The van der Waals surface area contributed by atoms with Crippen LogP contribution in [0.5, 0.6) is 0 Å². The predicted octanol–water partition coefficient (Wildman–Crippen LogP) is 3.35. The van der Waals surface area contributed by atoms with Crippen LogP contribution < -0.4 is 0 Å². The fourth-order valence-corrected chi connectivity index (χ4v) is 1.48. The molecule has 1 aromatic carbocycles. The summed E-state index contributed by atoms with van der Waals surface area (Å²) in [5.74, 6) is -0.908. The van der Waals surface area contributed by atoms with Gasteiger partial charge in [-0.3, -0.25) is 4.79 Å². The van der Waals surface area contributed by atoms with Crippen molar-refractivity contribution in [3.05, 3.63) is 35.6 Å². The minimum absolute atomic E-state index is 0.275. The number of carbonyl (C=O) groups is 1. The zero-order valence-corrected chi connectivity index (χ0v) is 10.8. The van der Waals surface area contributed by atoms with E-state index in [1.165, 1.54) is 6.07 Å². The summed E-state index contributed by atoms with van der Waals surface area (Å²) < 4.78 is 18.6. The van der Waals surface area contributed by atoms with Gasteiger partial charge in [0, 0.05) is 0 Å². The van der Waals surface area contributed by atoms with Crippen LogP contribution in [0.2, 0.25) is 0 Å². The fraction of sp³-hybridized carbons (Fsp3) is 0.500. The summed E-state index contributed by atoms with van der Waals surface area (Å²) in [6, 6.07) is 6.49. The van der Waals surface area contributed by atoms with E-state index in [1.807, 2.05) is 20.8 Å². The van der Waals surface area contributed by atoms with Gasteiger partial charge in [-0.25, -0.2) is 4.39 Å². The molecule has 0 saturated carbocycles. The lowest BCUT2D eigenvalue weighted by Gasteiger charge is -2.22. The van der Waals surface area contributed by atoms with Gasteiger partial charge in [-0.15, -0.1) is 0 Å². The number of hydrogen-bond donors (Lipinski definition) is 0.